The molecule has 0 aliphatic carbocycles. The normalized spacial score (nSPS) is 9.78. The smallest absolute Gasteiger partial charge is 0.475 e. The number of nitrogens with one attached hydrogen (secondary N) is 2. The van der Waals surface area contributed by atoms with Gasteiger partial charge in [0.05, 0.1) is 0 Å². The van der Waals surface area contributed by atoms with E-state index >= 15 is 0 Å². The molecule has 0 aromatic carbocycles. The number of halogens is 3. The van der Waals surface area contributed by atoms with Crippen LogP contribution in [0.15, 0.2) is 0 Å². The van der Waals surface area contributed by atoms with E-state index in [4.69, 9.17) is 15.6 Å². The number of carboxylic acid groups (broad SMARTS) is 1. The van der Waals surface area contributed by atoms with E-state index in [1.165, 1.54) is 0 Å². The van der Waals surface area contributed by atoms with E-state index in [1.54, 1.807) is 0 Å². The minimum absolute atomic E-state index is 0.178. The number of hydrogen-bond donors (Lipinski definition) is 4. The molecule has 5 N–H and O–H groups in total. The SMILES string of the molecule is CCNC(=O)NCCC(N)=O.O=C(O)C(F)(F)F. The number of aliphatic carboxylic acids is 1. The molecule has 0 aromatic heterocycles. The van der Waals surface area contributed by atoms with Crippen LogP contribution in [-0.4, -0.2) is 42.3 Å². The van der Waals surface area contributed by atoms with Gasteiger partial charge in [0.2, 0.25) is 5.91 Å². The molecule has 0 aliphatic rings. The largest absolute Gasteiger partial charge is 0.490 e. The molecule has 18 heavy (non-hydrogen) atoms. The van der Waals surface area contributed by atoms with Crippen molar-refractivity contribution in [2.45, 2.75) is 19.5 Å². The van der Waals surface area contributed by atoms with Crippen molar-refractivity contribution in [2.24, 2.45) is 5.73 Å². The molecule has 7 nitrogen and oxygen atoms in total. The Morgan fingerprint density at radius 1 is 1.22 bits per heavy atom. The number of nitrogens with two attached hydrogens (primary N) is 1. The van der Waals surface area contributed by atoms with E-state index in [0.717, 1.165) is 0 Å². The third kappa shape index (κ3) is 14.0. The third-order valence-electron chi connectivity index (χ3n) is 1.24. The van der Waals surface area contributed by atoms with E-state index in [0.29, 0.717) is 13.1 Å². The average Bonchev–Trinajstić information content (AvgIpc) is 2.16. The number of rotatable bonds is 4. The summed E-state index contributed by atoms with van der Waals surface area (Å²) in [6.07, 6.45) is -4.91. The van der Waals surface area contributed by atoms with E-state index in [9.17, 15) is 22.8 Å². The number of carbonyl (C=O) groups excluding carboxylic acids is 2. The van der Waals surface area contributed by atoms with Gasteiger partial charge in [0.1, 0.15) is 0 Å². The average molecular weight is 273 g/mol. The number of hydrogen-bond acceptors (Lipinski definition) is 3. The molecule has 0 aliphatic heterocycles. The first-order valence-electron chi connectivity index (χ1n) is 4.71. The topological polar surface area (TPSA) is 122 Å². The molecule has 0 saturated carbocycles. The zero-order valence-corrected chi connectivity index (χ0v) is 9.50. The molecule has 0 fully saturated rings. The van der Waals surface area contributed by atoms with Crippen LogP contribution in [0.5, 0.6) is 0 Å². The second kappa shape index (κ2) is 9.07. The Labute approximate surface area is 101 Å². The second-order valence-corrected chi connectivity index (χ2v) is 2.81. The second-order valence-electron chi connectivity index (χ2n) is 2.81. The standard InChI is InChI=1S/C6H13N3O2.C2HF3O2/c1-2-8-6(11)9-4-3-5(7)10;3-2(4,5)1(6)7/h2-4H2,1H3,(H2,7,10)(H2,8,9,11);(H,6,7). The molecular weight excluding hydrogens is 259 g/mol. The number of urea groups is 1. The van der Waals surface area contributed by atoms with Gasteiger partial charge in [-0.2, -0.15) is 13.2 Å². The molecule has 0 rings (SSSR count). The molecular formula is C8H14F3N3O4. The molecule has 0 atom stereocenters. The van der Waals surface area contributed by atoms with Crippen LogP contribution in [0.1, 0.15) is 13.3 Å². The predicted octanol–water partition coefficient (Wildman–Crippen LogP) is -0.186. The van der Waals surface area contributed by atoms with Gasteiger partial charge in [-0.05, 0) is 6.92 Å². The van der Waals surface area contributed by atoms with Gasteiger partial charge in [-0.25, -0.2) is 9.59 Å². The molecule has 0 aromatic rings. The van der Waals surface area contributed by atoms with Gasteiger partial charge < -0.3 is 21.5 Å². The summed E-state index contributed by atoms with van der Waals surface area (Å²) in [5.41, 5.74) is 4.84. The fraction of sp³-hybridized carbons (Fsp3) is 0.625. The van der Waals surface area contributed by atoms with Gasteiger partial charge in [-0.1, -0.05) is 0 Å². The maximum absolute atomic E-state index is 10.7. The molecule has 0 radical (unpaired) electrons. The third-order valence-corrected chi connectivity index (χ3v) is 1.24. The highest BCUT2D eigenvalue weighted by Gasteiger charge is 2.38. The molecule has 0 saturated heterocycles. The van der Waals surface area contributed by atoms with Crippen LogP contribution in [0, 0.1) is 0 Å². The highest BCUT2D eigenvalue weighted by Crippen LogP contribution is 2.13. The lowest BCUT2D eigenvalue weighted by atomic mass is 10.4. The van der Waals surface area contributed by atoms with Crippen molar-refractivity contribution in [1.29, 1.82) is 0 Å². The van der Waals surface area contributed by atoms with Gasteiger partial charge in [0.15, 0.2) is 0 Å². The Kier molecular flexibility index (Phi) is 9.26. The zero-order chi connectivity index (χ0) is 14.8. The summed E-state index contributed by atoms with van der Waals surface area (Å²) in [7, 11) is 0. The minimum Gasteiger partial charge on any atom is -0.475 e. The van der Waals surface area contributed by atoms with Crippen LogP contribution in [0.4, 0.5) is 18.0 Å². The number of carboxylic acids is 1. The van der Waals surface area contributed by atoms with E-state index in [1.807, 2.05) is 6.92 Å². The maximum atomic E-state index is 10.7. The lowest BCUT2D eigenvalue weighted by molar-refractivity contribution is -0.192. The monoisotopic (exact) mass is 273 g/mol. The van der Waals surface area contributed by atoms with Crippen LogP contribution in [0.2, 0.25) is 0 Å². The molecule has 0 spiro atoms. The van der Waals surface area contributed by atoms with Crippen molar-refractivity contribution in [3.8, 4) is 0 Å². The summed E-state index contributed by atoms with van der Waals surface area (Å²) < 4.78 is 31.7. The van der Waals surface area contributed by atoms with Gasteiger partial charge in [0.25, 0.3) is 0 Å². The Balaban J connectivity index is 0. The molecule has 106 valence electrons. The lowest BCUT2D eigenvalue weighted by Gasteiger charge is -2.02. The maximum Gasteiger partial charge on any atom is 0.490 e. The summed E-state index contributed by atoms with van der Waals surface area (Å²) in [5.74, 6) is -3.17. The van der Waals surface area contributed by atoms with Crippen molar-refractivity contribution >= 4 is 17.9 Å². The Morgan fingerprint density at radius 3 is 1.94 bits per heavy atom. The number of carbonyl (C=O) groups is 3. The first-order valence-corrected chi connectivity index (χ1v) is 4.71. The Hall–Kier alpha value is -2.00. The van der Waals surface area contributed by atoms with Crippen LogP contribution in [0.3, 0.4) is 0 Å². The van der Waals surface area contributed by atoms with E-state index in [2.05, 4.69) is 10.6 Å². The minimum atomic E-state index is -5.08. The highest BCUT2D eigenvalue weighted by atomic mass is 19.4. The number of amides is 3. The molecule has 10 heteroatoms. The fourth-order valence-electron chi connectivity index (χ4n) is 0.522. The fourth-order valence-corrected chi connectivity index (χ4v) is 0.522. The summed E-state index contributed by atoms with van der Waals surface area (Å²) in [5, 5.41) is 12.1. The van der Waals surface area contributed by atoms with Crippen molar-refractivity contribution < 1.29 is 32.7 Å². The van der Waals surface area contributed by atoms with Gasteiger partial charge in [0, 0.05) is 19.5 Å². The van der Waals surface area contributed by atoms with Crippen molar-refractivity contribution in [3.63, 3.8) is 0 Å². The quantitative estimate of drug-likeness (QED) is 0.567. The number of alkyl halides is 3. The summed E-state index contributed by atoms with van der Waals surface area (Å²) >= 11 is 0. The molecule has 0 bridgehead atoms. The van der Waals surface area contributed by atoms with Gasteiger partial charge in [-0.3, -0.25) is 4.79 Å². The first-order chi connectivity index (χ1) is 8.11. The van der Waals surface area contributed by atoms with Crippen molar-refractivity contribution in [1.82, 2.24) is 10.6 Å². The van der Waals surface area contributed by atoms with Crippen LogP contribution >= 0.6 is 0 Å². The molecule has 0 unspecified atom stereocenters. The summed E-state index contributed by atoms with van der Waals surface area (Å²) in [6.45, 7) is 2.68. The first kappa shape index (κ1) is 18.4. The highest BCUT2D eigenvalue weighted by molar-refractivity contribution is 5.76. The predicted molar refractivity (Wildman–Crippen MR) is 54.6 cm³/mol. The van der Waals surface area contributed by atoms with Gasteiger partial charge >= 0.3 is 18.2 Å². The van der Waals surface area contributed by atoms with Crippen LogP contribution in [0.25, 0.3) is 0 Å². The zero-order valence-electron chi connectivity index (χ0n) is 9.50. The Bertz CT molecular complexity index is 294. The Morgan fingerprint density at radius 2 is 1.67 bits per heavy atom. The van der Waals surface area contributed by atoms with Crippen LogP contribution in [-0.2, 0) is 9.59 Å². The van der Waals surface area contributed by atoms with Crippen LogP contribution < -0.4 is 16.4 Å². The van der Waals surface area contributed by atoms with E-state index in [-0.39, 0.29) is 12.5 Å². The molecule has 3 amide bonds. The molecule has 0 heterocycles. The lowest BCUT2D eigenvalue weighted by Crippen LogP contribution is -2.36. The van der Waals surface area contributed by atoms with E-state index < -0.39 is 18.1 Å². The number of primary amides is 1. The van der Waals surface area contributed by atoms with Crippen molar-refractivity contribution in [2.75, 3.05) is 13.1 Å². The van der Waals surface area contributed by atoms with Gasteiger partial charge in [-0.15, -0.1) is 0 Å². The van der Waals surface area contributed by atoms with Crippen molar-refractivity contribution in [3.05, 3.63) is 0 Å². The summed E-state index contributed by atoms with van der Waals surface area (Å²) in [4.78, 5) is 29.7. The summed E-state index contributed by atoms with van der Waals surface area (Å²) in [6, 6.07) is -0.270.